The molecule has 4 aromatic heterocycles. The van der Waals surface area contributed by atoms with E-state index in [0.717, 1.165) is 22.3 Å². The number of piperazine rings is 2. The van der Waals surface area contributed by atoms with E-state index in [-0.39, 0.29) is 49.3 Å². The van der Waals surface area contributed by atoms with Crippen LogP contribution >= 0.6 is 0 Å². The highest BCUT2D eigenvalue weighted by Gasteiger charge is 2.34. The van der Waals surface area contributed by atoms with Crippen molar-refractivity contribution in [1.29, 1.82) is 0 Å². The monoisotopic (exact) mass is 1080 g/mol. The Kier molecular flexibility index (Phi) is 15.9. The Morgan fingerprint density at radius 2 is 1.20 bits per heavy atom. The Morgan fingerprint density at radius 1 is 0.646 bits per heavy atom. The van der Waals surface area contributed by atoms with Crippen LogP contribution in [0.4, 0.5) is 32.9 Å². The fourth-order valence-corrected chi connectivity index (χ4v) is 10.4. The number of likely N-dealkylation sites (N-methyl/N-ethyl adjacent to an activating group) is 2. The van der Waals surface area contributed by atoms with Gasteiger partial charge in [-0.1, -0.05) is 12.2 Å². The molecule has 6 aromatic rings. The summed E-state index contributed by atoms with van der Waals surface area (Å²) in [6.45, 7) is 8.49. The van der Waals surface area contributed by atoms with Crippen LogP contribution in [-0.4, -0.2) is 212 Å². The summed E-state index contributed by atoms with van der Waals surface area (Å²) in [5.41, 5.74) is 8.09. The molecule has 2 aromatic carbocycles. The second kappa shape index (κ2) is 23.4. The SMILES string of the molecule is CCOC(=O)N1CC=C(c2cccn3nc(Nc4ccc(C(=O)N5CCN(C)C(C(=O)N(C)C)C5)c(CCOC(=O)N5CC=C(c6cccn7nc(Nc8ccc(C(=O)N9CCN(C(C)=O)CC9)cc8)nc67)CC5)c4)nc23)CC1. The molecule has 412 valence electrons. The number of fused-ring (bicyclic) bond motifs is 2. The van der Waals surface area contributed by atoms with Crippen LogP contribution in [-0.2, 0) is 25.5 Å². The number of rotatable bonds is 13. The number of ether oxygens (including phenoxy) is 2. The number of anilines is 4. The van der Waals surface area contributed by atoms with Gasteiger partial charge in [-0.15, -0.1) is 10.2 Å². The van der Waals surface area contributed by atoms with E-state index < -0.39 is 12.1 Å². The first-order chi connectivity index (χ1) is 38.2. The molecule has 0 radical (unpaired) electrons. The van der Waals surface area contributed by atoms with Gasteiger partial charge in [0, 0.05) is 145 Å². The third-order valence-electron chi connectivity index (χ3n) is 14.9. The number of carbonyl (C=O) groups is 6. The summed E-state index contributed by atoms with van der Waals surface area (Å²) in [6.07, 6.45) is 8.22. The van der Waals surface area contributed by atoms with E-state index in [1.807, 2.05) is 79.0 Å². The zero-order valence-corrected chi connectivity index (χ0v) is 45.1. The van der Waals surface area contributed by atoms with Crippen LogP contribution in [0.25, 0.3) is 22.4 Å². The third-order valence-corrected chi connectivity index (χ3v) is 14.9. The number of benzene rings is 2. The van der Waals surface area contributed by atoms with Crippen LogP contribution < -0.4 is 10.6 Å². The zero-order valence-electron chi connectivity index (χ0n) is 45.1. The van der Waals surface area contributed by atoms with Crippen LogP contribution in [0.2, 0.25) is 0 Å². The molecular weight excluding hydrogens is 1010 g/mol. The summed E-state index contributed by atoms with van der Waals surface area (Å²) in [5, 5.41) is 15.9. The number of hydrogen-bond donors (Lipinski definition) is 2. The van der Waals surface area contributed by atoms with Crippen molar-refractivity contribution in [2.24, 2.45) is 0 Å². The third kappa shape index (κ3) is 11.9. The molecule has 6 amide bonds. The molecule has 23 heteroatoms. The predicted molar refractivity (Wildman–Crippen MR) is 295 cm³/mol. The lowest BCUT2D eigenvalue weighted by Crippen LogP contribution is -2.58. The van der Waals surface area contributed by atoms with Gasteiger partial charge in [0.2, 0.25) is 23.7 Å². The first kappa shape index (κ1) is 53.5. The standard InChI is InChI=1S/C56H65N15O8/c1-6-78-55(76)67-24-17-38(18-25-67)45-10-8-23-71-49(45)60-54(62-71)58-43-15-16-46(51(74)69-29-28-64(5)47(36-69)52(75)63(3)4)41(35-43)21-34-79-56(77)68-26-19-39(20-27-68)44-9-7-22-70-48(44)59-53(61-70)57-42-13-11-40(12-14-42)50(73)66-32-30-65(31-33-66)37(2)72/h7-17,19,22-23,35,47H,6,18,20-21,24-34,36H2,1-5H3,(H,57,61)(H,58,62). The minimum Gasteiger partial charge on any atom is -0.450 e. The quantitative estimate of drug-likeness (QED) is 0.153. The highest BCUT2D eigenvalue weighted by molar-refractivity contribution is 5.97. The number of carbonyl (C=O) groups excluding carboxylic acids is 6. The van der Waals surface area contributed by atoms with Crippen LogP contribution in [0.1, 0.15) is 64.1 Å². The van der Waals surface area contributed by atoms with Crippen LogP contribution in [0, 0.1) is 0 Å². The van der Waals surface area contributed by atoms with E-state index in [0.29, 0.717) is 136 Å². The Balaban J connectivity index is 0.798. The number of amides is 6. The second-order valence-corrected chi connectivity index (χ2v) is 20.1. The minimum absolute atomic E-state index is 0.00776. The average molecular weight is 1080 g/mol. The normalized spacial score (nSPS) is 17.1. The first-order valence-corrected chi connectivity index (χ1v) is 26.7. The van der Waals surface area contributed by atoms with Gasteiger partial charge in [-0.25, -0.2) is 18.6 Å². The van der Waals surface area contributed by atoms with E-state index in [9.17, 15) is 28.8 Å². The fourth-order valence-electron chi connectivity index (χ4n) is 10.4. The van der Waals surface area contributed by atoms with Crippen molar-refractivity contribution in [2.45, 2.75) is 39.2 Å². The Bertz CT molecular complexity index is 3360. The zero-order chi connectivity index (χ0) is 55.3. The summed E-state index contributed by atoms with van der Waals surface area (Å²) >= 11 is 0. The predicted octanol–water partition coefficient (Wildman–Crippen LogP) is 5.12. The number of hydrogen-bond acceptors (Lipinski definition) is 15. The molecule has 2 fully saturated rings. The first-order valence-electron chi connectivity index (χ1n) is 26.7. The van der Waals surface area contributed by atoms with Gasteiger partial charge in [0.1, 0.15) is 6.04 Å². The molecule has 1 atom stereocenters. The molecule has 2 saturated heterocycles. The van der Waals surface area contributed by atoms with E-state index >= 15 is 0 Å². The van der Waals surface area contributed by atoms with Crippen LogP contribution in [0.15, 0.2) is 91.3 Å². The van der Waals surface area contributed by atoms with Crippen molar-refractivity contribution in [2.75, 3.05) is 117 Å². The van der Waals surface area contributed by atoms with E-state index in [1.54, 1.807) is 90.6 Å². The van der Waals surface area contributed by atoms with Crippen molar-refractivity contribution in [1.82, 2.24) is 63.5 Å². The molecule has 23 nitrogen and oxygen atoms in total. The maximum absolute atomic E-state index is 14.4. The van der Waals surface area contributed by atoms with Crippen LogP contribution in [0.3, 0.4) is 0 Å². The van der Waals surface area contributed by atoms with Crippen LogP contribution in [0.5, 0.6) is 0 Å². The summed E-state index contributed by atoms with van der Waals surface area (Å²) in [4.78, 5) is 100. The lowest BCUT2D eigenvalue weighted by Gasteiger charge is -2.39. The molecule has 0 spiro atoms. The van der Waals surface area contributed by atoms with Crippen molar-refractivity contribution in [3.8, 4) is 0 Å². The van der Waals surface area contributed by atoms with Crippen molar-refractivity contribution >= 4 is 81.5 Å². The molecular formula is C56H65N15O8. The van der Waals surface area contributed by atoms with Gasteiger partial charge in [0.15, 0.2) is 11.3 Å². The topological polar surface area (TPSA) is 228 Å². The average Bonchev–Trinajstić information content (AvgIpc) is 4.16. The summed E-state index contributed by atoms with van der Waals surface area (Å²) in [5.74, 6) is 0.340. The lowest BCUT2D eigenvalue weighted by molar-refractivity contribution is -0.135. The molecule has 0 bridgehead atoms. The van der Waals surface area contributed by atoms with Gasteiger partial charge in [0.25, 0.3) is 11.8 Å². The molecule has 79 heavy (non-hydrogen) atoms. The van der Waals surface area contributed by atoms with Gasteiger partial charge in [-0.3, -0.25) is 24.1 Å². The molecule has 0 saturated carbocycles. The van der Waals surface area contributed by atoms with Gasteiger partial charge < -0.3 is 49.5 Å². The number of nitrogens with one attached hydrogen (secondary N) is 2. The van der Waals surface area contributed by atoms with Crippen molar-refractivity contribution in [3.05, 3.63) is 119 Å². The van der Waals surface area contributed by atoms with E-state index in [4.69, 9.17) is 24.5 Å². The minimum atomic E-state index is -0.494. The molecule has 2 N–H and O–H groups in total. The maximum atomic E-state index is 14.4. The van der Waals surface area contributed by atoms with Gasteiger partial charge in [-0.2, -0.15) is 9.97 Å². The van der Waals surface area contributed by atoms with Gasteiger partial charge in [0.05, 0.1) is 13.2 Å². The Morgan fingerprint density at radius 3 is 1.76 bits per heavy atom. The smallest absolute Gasteiger partial charge is 0.410 e. The Hall–Kier alpha value is -8.86. The van der Waals surface area contributed by atoms with Gasteiger partial charge in [-0.05, 0) is 110 Å². The lowest BCUT2D eigenvalue weighted by atomic mass is 10.0. The largest absolute Gasteiger partial charge is 0.450 e. The van der Waals surface area contributed by atoms with E-state index in [2.05, 4.69) is 15.7 Å². The Labute approximate surface area is 457 Å². The summed E-state index contributed by atoms with van der Waals surface area (Å²) in [7, 11) is 5.31. The maximum Gasteiger partial charge on any atom is 0.410 e. The summed E-state index contributed by atoms with van der Waals surface area (Å²) in [6, 6.07) is 19.8. The molecule has 8 heterocycles. The highest BCUT2D eigenvalue weighted by atomic mass is 16.6. The van der Waals surface area contributed by atoms with E-state index in [1.165, 1.54) is 0 Å². The van der Waals surface area contributed by atoms with Gasteiger partial charge >= 0.3 is 12.2 Å². The molecule has 1 unspecified atom stereocenters. The molecule has 10 rings (SSSR count). The second-order valence-electron chi connectivity index (χ2n) is 20.1. The highest BCUT2D eigenvalue weighted by Crippen LogP contribution is 2.30. The number of pyridine rings is 2. The molecule has 4 aliphatic heterocycles. The van der Waals surface area contributed by atoms with Crippen molar-refractivity contribution in [3.63, 3.8) is 0 Å². The fraction of sp³-hybridized carbons (Fsp3) is 0.393. The summed E-state index contributed by atoms with van der Waals surface area (Å²) < 4.78 is 14.5. The number of nitrogens with zero attached hydrogens (tertiary/aromatic N) is 13. The molecule has 4 aliphatic rings. The number of aromatic nitrogens is 6. The van der Waals surface area contributed by atoms with Crippen molar-refractivity contribution < 1.29 is 38.2 Å². The molecule has 0 aliphatic carbocycles.